The number of ether oxygens (including phenoxy) is 1. The summed E-state index contributed by atoms with van der Waals surface area (Å²) < 4.78 is 41.9. The van der Waals surface area contributed by atoms with E-state index in [-0.39, 0.29) is 5.56 Å². The standard InChI is InChI=1S/C11H12F3NO2/c1-15-9(10(16)17-2)7-4-3-5-8(6-7)11(12,13)14/h3-6,9,15H,1-2H3. The average Bonchev–Trinajstić information content (AvgIpc) is 2.29. The van der Waals surface area contributed by atoms with Crippen molar-refractivity contribution in [3.63, 3.8) is 0 Å². The maximum absolute atomic E-state index is 12.5. The zero-order valence-corrected chi connectivity index (χ0v) is 9.34. The predicted octanol–water partition coefficient (Wildman–Crippen LogP) is 2.14. The van der Waals surface area contributed by atoms with Crippen LogP contribution in [0.4, 0.5) is 13.2 Å². The molecular formula is C11H12F3NO2. The fourth-order valence-corrected chi connectivity index (χ4v) is 1.43. The molecule has 0 aliphatic rings. The van der Waals surface area contributed by atoms with Gasteiger partial charge in [0.25, 0.3) is 0 Å². The van der Waals surface area contributed by atoms with Gasteiger partial charge in [-0.15, -0.1) is 0 Å². The quantitative estimate of drug-likeness (QED) is 0.831. The van der Waals surface area contributed by atoms with Gasteiger partial charge in [0.15, 0.2) is 0 Å². The number of esters is 1. The first kappa shape index (κ1) is 13.5. The molecule has 94 valence electrons. The summed E-state index contributed by atoms with van der Waals surface area (Å²) in [5, 5.41) is 2.61. The molecule has 0 fully saturated rings. The highest BCUT2D eigenvalue weighted by molar-refractivity contribution is 5.77. The van der Waals surface area contributed by atoms with Gasteiger partial charge in [-0.25, -0.2) is 4.79 Å². The summed E-state index contributed by atoms with van der Waals surface area (Å²) in [7, 11) is 2.65. The molecule has 0 saturated heterocycles. The van der Waals surface area contributed by atoms with Crippen LogP contribution in [-0.2, 0) is 15.7 Å². The molecular weight excluding hydrogens is 235 g/mol. The van der Waals surface area contributed by atoms with Gasteiger partial charge in [-0.05, 0) is 24.7 Å². The lowest BCUT2D eigenvalue weighted by molar-refractivity contribution is -0.143. The fraction of sp³-hybridized carbons (Fsp3) is 0.364. The zero-order chi connectivity index (χ0) is 13.1. The monoisotopic (exact) mass is 247 g/mol. The molecule has 0 amide bonds. The Bertz CT molecular complexity index is 404. The number of benzene rings is 1. The molecule has 0 bridgehead atoms. The molecule has 1 rings (SSSR count). The Morgan fingerprint density at radius 2 is 2.06 bits per heavy atom. The molecule has 1 aromatic carbocycles. The molecule has 17 heavy (non-hydrogen) atoms. The third-order valence-electron chi connectivity index (χ3n) is 2.27. The van der Waals surface area contributed by atoms with Gasteiger partial charge in [-0.3, -0.25) is 0 Å². The van der Waals surface area contributed by atoms with Crippen LogP contribution in [0.3, 0.4) is 0 Å². The summed E-state index contributed by atoms with van der Waals surface area (Å²) in [6, 6.07) is 3.67. The van der Waals surface area contributed by atoms with Crippen LogP contribution in [0.25, 0.3) is 0 Å². The van der Waals surface area contributed by atoms with Crippen LogP contribution >= 0.6 is 0 Å². The highest BCUT2D eigenvalue weighted by Crippen LogP contribution is 2.30. The highest BCUT2D eigenvalue weighted by atomic mass is 19.4. The zero-order valence-electron chi connectivity index (χ0n) is 9.34. The number of nitrogens with one attached hydrogen (secondary N) is 1. The van der Waals surface area contributed by atoms with E-state index < -0.39 is 23.8 Å². The van der Waals surface area contributed by atoms with Crippen LogP contribution in [0.1, 0.15) is 17.2 Å². The van der Waals surface area contributed by atoms with E-state index in [2.05, 4.69) is 10.1 Å². The van der Waals surface area contributed by atoms with E-state index in [1.165, 1.54) is 26.3 Å². The lowest BCUT2D eigenvalue weighted by Crippen LogP contribution is -2.26. The van der Waals surface area contributed by atoms with E-state index in [1.54, 1.807) is 0 Å². The first-order chi connectivity index (χ1) is 7.90. The van der Waals surface area contributed by atoms with Crippen LogP contribution in [-0.4, -0.2) is 20.1 Å². The maximum atomic E-state index is 12.5. The molecule has 6 heteroatoms. The Morgan fingerprint density at radius 1 is 1.41 bits per heavy atom. The van der Waals surface area contributed by atoms with Crippen molar-refractivity contribution in [2.45, 2.75) is 12.2 Å². The van der Waals surface area contributed by atoms with Crippen LogP contribution < -0.4 is 5.32 Å². The van der Waals surface area contributed by atoms with Gasteiger partial charge in [0.05, 0.1) is 12.7 Å². The molecule has 1 N–H and O–H groups in total. The predicted molar refractivity (Wildman–Crippen MR) is 55.3 cm³/mol. The minimum Gasteiger partial charge on any atom is -0.468 e. The smallest absolute Gasteiger partial charge is 0.416 e. The molecule has 0 aliphatic heterocycles. The van der Waals surface area contributed by atoms with Crippen molar-refractivity contribution in [3.05, 3.63) is 35.4 Å². The van der Waals surface area contributed by atoms with Crippen molar-refractivity contribution in [1.82, 2.24) is 5.32 Å². The van der Waals surface area contributed by atoms with Crippen molar-refractivity contribution in [2.75, 3.05) is 14.2 Å². The van der Waals surface area contributed by atoms with E-state index in [0.717, 1.165) is 12.1 Å². The van der Waals surface area contributed by atoms with E-state index >= 15 is 0 Å². The number of likely N-dealkylation sites (N-methyl/N-ethyl adjacent to an activating group) is 1. The molecule has 0 aliphatic carbocycles. The van der Waals surface area contributed by atoms with Crippen molar-refractivity contribution in [3.8, 4) is 0 Å². The third-order valence-corrected chi connectivity index (χ3v) is 2.27. The number of alkyl halides is 3. The van der Waals surface area contributed by atoms with Crippen molar-refractivity contribution >= 4 is 5.97 Å². The molecule has 1 unspecified atom stereocenters. The minimum atomic E-state index is -4.43. The van der Waals surface area contributed by atoms with E-state index in [4.69, 9.17) is 0 Å². The molecule has 1 aromatic rings. The Hall–Kier alpha value is -1.56. The Labute approximate surface area is 96.6 Å². The van der Waals surface area contributed by atoms with Crippen LogP contribution in [0.5, 0.6) is 0 Å². The molecule has 0 saturated carbocycles. The van der Waals surface area contributed by atoms with Gasteiger partial charge in [0.1, 0.15) is 6.04 Å². The maximum Gasteiger partial charge on any atom is 0.416 e. The first-order valence-electron chi connectivity index (χ1n) is 4.82. The van der Waals surface area contributed by atoms with Crippen molar-refractivity contribution < 1.29 is 22.7 Å². The summed E-state index contributed by atoms with van der Waals surface area (Å²) in [6.45, 7) is 0. The summed E-state index contributed by atoms with van der Waals surface area (Å²) >= 11 is 0. The van der Waals surface area contributed by atoms with Crippen LogP contribution in [0.15, 0.2) is 24.3 Å². The number of carbonyl (C=O) groups excluding carboxylic acids is 1. The number of hydrogen-bond donors (Lipinski definition) is 1. The van der Waals surface area contributed by atoms with Crippen LogP contribution in [0, 0.1) is 0 Å². The summed E-state index contributed by atoms with van der Waals surface area (Å²) in [5.74, 6) is -0.633. The Kier molecular flexibility index (Phi) is 4.11. The Morgan fingerprint density at radius 3 is 2.53 bits per heavy atom. The largest absolute Gasteiger partial charge is 0.468 e. The second kappa shape index (κ2) is 5.18. The lowest BCUT2D eigenvalue weighted by Gasteiger charge is -2.15. The third kappa shape index (κ3) is 3.20. The number of hydrogen-bond acceptors (Lipinski definition) is 3. The van der Waals surface area contributed by atoms with E-state index in [9.17, 15) is 18.0 Å². The lowest BCUT2D eigenvalue weighted by atomic mass is 10.0. The van der Waals surface area contributed by atoms with Crippen molar-refractivity contribution in [1.29, 1.82) is 0 Å². The second-order valence-electron chi connectivity index (χ2n) is 3.37. The average molecular weight is 247 g/mol. The first-order valence-corrected chi connectivity index (χ1v) is 4.82. The molecule has 0 aromatic heterocycles. The molecule has 1 atom stereocenters. The molecule has 3 nitrogen and oxygen atoms in total. The van der Waals surface area contributed by atoms with Gasteiger partial charge in [0.2, 0.25) is 0 Å². The summed E-state index contributed by atoms with van der Waals surface area (Å²) in [4.78, 5) is 11.3. The number of methoxy groups -OCH3 is 1. The SMILES string of the molecule is CNC(C(=O)OC)c1cccc(C(F)(F)F)c1. The highest BCUT2D eigenvalue weighted by Gasteiger charge is 2.31. The normalized spacial score (nSPS) is 13.2. The van der Waals surface area contributed by atoms with Gasteiger partial charge in [-0.1, -0.05) is 12.1 Å². The van der Waals surface area contributed by atoms with Gasteiger partial charge >= 0.3 is 12.1 Å². The second-order valence-corrected chi connectivity index (χ2v) is 3.37. The molecule has 0 heterocycles. The Balaban J connectivity index is 3.10. The summed E-state index contributed by atoms with van der Waals surface area (Å²) in [6.07, 6.45) is -4.43. The van der Waals surface area contributed by atoms with E-state index in [1.807, 2.05) is 0 Å². The van der Waals surface area contributed by atoms with E-state index in [0.29, 0.717) is 0 Å². The number of rotatable bonds is 3. The minimum absolute atomic E-state index is 0.217. The fourth-order valence-electron chi connectivity index (χ4n) is 1.43. The molecule has 0 radical (unpaired) electrons. The van der Waals surface area contributed by atoms with Gasteiger partial charge < -0.3 is 10.1 Å². The van der Waals surface area contributed by atoms with Gasteiger partial charge in [0, 0.05) is 0 Å². The van der Waals surface area contributed by atoms with Crippen molar-refractivity contribution in [2.24, 2.45) is 0 Å². The van der Waals surface area contributed by atoms with Crippen LogP contribution in [0.2, 0.25) is 0 Å². The topological polar surface area (TPSA) is 38.3 Å². The summed E-state index contributed by atoms with van der Waals surface area (Å²) in [5.41, 5.74) is -0.576. The molecule has 0 spiro atoms. The number of carbonyl (C=O) groups is 1. The number of halogens is 3. The van der Waals surface area contributed by atoms with Gasteiger partial charge in [-0.2, -0.15) is 13.2 Å².